The predicted octanol–water partition coefficient (Wildman–Crippen LogP) is 3.11. The molecule has 1 aromatic heterocycles. The fraction of sp³-hybridized carbons (Fsp3) is 0.409. The number of ether oxygens (including phenoxy) is 2. The second-order valence-electron chi connectivity index (χ2n) is 7.44. The maximum Gasteiger partial charge on any atom is 0.349 e. The number of benzene rings is 1. The highest BCUT2D eigenvalue weighted by Gasteiger charge is 2.31. The van der Waals surface area contributed by atoms with Crippen molar-refractivity contribution in [2.75, 3.05) is 26.2 Å². The first kappa shape index (κ1) is 24.8. The number of nitrogens with one attached hydrogen (secondary N) is 2. The molecule has 1 atom stereocenters. The van der Waals surface area contributed by atoms with Crippen LogP contribution in [0, 0.1) is 5.92 Å². The second-order valence-corrected chi connectivity index (χ2v) is 8.84. The highest BCUT2D eigenvalue weighted by molar-refractivity contribution is 7.18. The van der Waals surface area contributed by atoms with Crippen LogP contribution in [0.5, 0.6) is 11.5 Å². The number of amides is 1. The highest BCUT2D eigenvalue weighted by Crippen LogP contribution is 2.46. The lowest BCUT2D eigenvalue weighted by molar-refractivity contribution is -0.139. The molecule has 178 valence electrons. The van der Waals surface area contributed by atoms with E-state index >= 15 is 0 Å². The Morgan fingerprint density at radius 1 is 1.27 bits per heavy atom. The second kappa shape index (κ2) is 11.4. The van der Waals surface area contributed by atoms with Gasteiger partial charge in [0.25, 0.3) is 5.91 Å². The molecule has 0 aliphatic carbocycles. The molecular weight excluding hydrogens is 472 g/mol. The van der Waals surface area contributed by atoms with Gasteiger partial charge >= 0.3 is 11.9 Å². The maximum absolute atomic E-state index is 12.7. The Hall–Kier alpha value is -2.82. The number of carboxylic acids is 2. The normalized spacial score (nSPS) is 15.0. The predicted molar refractivity (Wildman–Crippen MR) is 124 cm³/mol. The first-order valence-electron chi connectivity index (χ1n) is 10.5. The molecule has 1 aromatic carbocycles. The standard InChI is InChI=1S/C22H25ClN2O7S/c1-2-25-21(28)17(12-6-8-24-9-7-12)32-14-5-3-4-13(10-14)19-16(23)18(31-11-15(26)27)20(33-19)22(29)30/h3-5,10,12,17,24H,2,6-9,11H2,1H3,(H,25,28)(H,26,27)(H,29,30). The van der Waals surface area contributed by atoms with Gasteiger partial charge in [-0.1, -0.05) is 23.7 Å². The molecular formula is C22H25ClN2O7S. The summed E-state index contributed by atoms with van der Waals surface area (Å²) >= 11 is 7.26. The van der Waals surface area contributed by atoms with Gasteiger partial charge in [-0.15, -0.1) is 11.3 Å². The molecule has 1 amide bonds. The number of carbonyl (C=O) groups excluding carboxylic acids is 1. The van der Waals surface area contributed by atoms with E-state index in [1.165, 1.54) is 0 Å². The third-order valence-corrected chi connectivity index (χ3v) is 6.80. The molecule has 1 fully saturated rings. The van der Waals surface area contributed by atoms with Gasteiger partial charge < -0.3 is 30.3 Å². The number of aromatic carboxylic acids is 1. The van der Waals surface area contributed by atoms with Gasteiger partial charge in [0, 0.05) is 12.5 Å². The smallest absolute Gasteiger partial charge is 0.349 e. The van der Waals surface area contributed by atoms with Crippen LogP contribution in [-0.4, -0.2) is 60.4 Å². The molecule has 9 nitrogen and oxygen atoms in total. The van der Waals surface area contributed by atoms with Crippen molar-refractivity contribution in [2.45, 2.75) is 25.9 Å². The van der Waals surface area contributed by atoms with Crippen LogP contribution in [0.15, 0.2) is 24.3 Å². The van der Waals surface area contributed by atoms with Crippen molar-refractivity contribution < 1.29 is 34.1 Å². The average molecular weight is 497 g/mol. The lowest BCUT2D eigenvalue weighted by Gasteiger charge is -2.30. The van der Waals surface area contributed by atoms with Crippen molar-refractivity contribution in [3.63, 3.8) is 0 Å². The van der Waals surface area contributed by atoms with E-state index in [0.29, 0.717) is 22.7 Å². The van der Waals surface area contributed by atoms with Crippen LogP contribution >= 0.6 is 22.9 Å². The lowest BCUT2D eigenvalue weighted by atomic mass is 9.91. The molecule has 1 aliphatic rings. The van der Waals surface area contributed by atoms with Crippen molar-refractivity contribution in [3.8, 4) is 21.9 Å². The van der Waals surface area contributed by atoms with Gasteiger partial charge in [-0.05, 0) is 50.6 Å². The first-order valence-corrected chi connectivity index (χ1v) is 11.7. The number of likely N-dealkylation sites (N-methyl/N-ethyl adjacent to an activating group) is 1. The van der Waals surface area contributed by atoms with Gasteiger partial charge in [0.15, 0.2) is 23.3 Å². The van der Waals surface area contributed by atoms with Crippen molar-refractivity contribution in [2.24, 2.45) is 5.92 Å². The van der Waals surface area contributed by atoms with Gasteiger partial charge in [-0.3, -0.25) is 4.79 Å². The minimum absolute atomic E-state index is 0.00873. The van der Waals surface area contributed by atoms with E-state index in [1.54, 1.807) is 24.3 Å². The number of carboxylic acid groups (broad SMARTS) is 2. The number of piperidine rings is 1. The number of hydrogen-bond acceptors (Lipinski definition) is 7. The molecule has 0 radical (unpaired) electrons. The molecule has 3 rings (SSSR count). The average Bonchev–Trinajstić information content (AvgIpc) is 3.13. The summed E-state index contributed by atoms with van der Waals surface area (Å²) < 4.78 is 11.3. The van der Waals surface area contributed by atoms with E-state index in [9.17, 15) is 19.5 Å². The number of hydrogen-bond donors (Lipinski definition) is 4. The minimum atomic E-state index is -1.27. The largest absolute Gasteiger partial charge is 0.480 e. The molecule has 2 aromatic rings. The topological polar surface area (TPSA) is 134 Å². The summed E-state index contributed by atoms with van der Waals surface area (Å²) in [6.07, 6.45) is 0.958. The summed E-state index contributed by atoms with van der Waals surface area (Å²) in [6, 6.07) is 6.84. The van der Waals surface area contributed by atoms with Crippen LogP contribution in [0.2, 0.25) is 5.02 Å². The molecule has 1 unspecified atom stereocenters. The maximum atomic E-state index is 12.7. The SMILES string of the molecule is CCNC(=O)C(Oc1cccc(-c2sc(C(=O)O)c(OCC(=O)O)c2Cl)c1)C1CCNCC1. The molecule has 0 bridgehead atoms. The number of halogens is 1. The Labute approximate surface area is 199 Å². The van der Waals surface area contributed by atoms with Gasteiger partial charge in [-0.25, -0.2) is 9.59 Å². The summed E-state index contributed by atoms with van der Waals surface area (Å²) in [7, 11) is 0. The van der Waals surface area contributed by atoms with E-state index in [1.807, 2.05) is 6.92 Å². The molecule has 0 spiro atoms. The minimum Gasteiger partial charge on any atom is -0.480 e. The van der Waals surface area contributed by atoms with Crippen LogP contribution in [-0.2, 0) is 9.59 Å². The van der Waals surface area contributed by atoms with Gasteiger partial charge in [-0.2, -0.15) is 0 Å². The van der Waals surface area contributed by atoms with Crippen LogP contribution in [0.3, 0.4) is 0 Å². The third kappa shape index (κ3) is 6.16. The molecule has 0 saturated carbocycles. The fourth-order valence-electron chi connectivity index (χ4n) is 3.63. The highest BCUT2D eigenvalue weighted by atomic mass is 35.5. The third-order valence-electron chi connectivity index (χ3n) is 5.12. The number of thiophene rings is 1. The Balaban J connectivity index is 1.90. The van der Waals surface area contributed by atoms with Crippen LogP contribution in [0.25, 0.3) is 10.4 Å². The molecule has 33 heavy (non-hydrogen) atoms. The monoisotopic (exact) mass is 496 g/mol. The summed E-state index contributed by atoms with van der Waals surface area (Å²) in [5.41, 5.74) is 0.565. The van der Waals surface area contributed by atoms with E-state index in [2.05, 4.69) is 10.6 Å². The summed E-state index contributed by atoms with van der Waals surface area (Å²) in [5.74, 6) is -2.39. The van der Waals surface area contributed by atoms with Crippen LogP contribution < -0.4 is 20.1 Å². The Morgan fingerprint density at radius 3 is 2.64 bits per heavy atom. The lowest BCUT2D eigenvalue weighted by Crippen LogP contribution is -2.46. The van der Waals surface area contributed by atoms with Crippen molar-refractivity contribution in [1.82, 2.24) is 10.6 Å². The Morgan fingerprint density at radius 2 is 2.00 bits per heavy atom. The fourth-order valence-corrected chi connectivity index (χ4v) is 5.03. The first-order chi connectivity index (χ1) is 15.8. The quantitative estimate of drug-likeness (QED) is 0.394. The van der Waals surface area contributed by atoms with E-state index in [0.717, 1.165) is 37.3 Å². The zero-order valence-electron chi connectivity index (χ0n) is 17.9. The molecule has 4 N–H and O–H groups in total. The number of rotatable bonds is 10. The molecule has 11 heteroatoms. The van der Waals surface area contributed by atoms with E-state index in [4.69, 9.17) is 26.2 Å². The molecule has 1 saturated heterocycles. The zero-order valence-corrected chi connectivity index (χ0v) is 19.5. The van der Waals surface area contributed by atoms with E-state index < -0.39 is 24.6 Å². The Bertz CT molecular complexity index is 1020. The van der Waals surface area contributed by atoms with Gasteiger partial charge in [0.05, 0.1) is 4.88 Å². The van der Waals surface area contributed by atoms with Crippen LogP contribution in [0.4, 0.5) is 0 Å². The van der Waals surface area contributed by atoms with Crippen molar-refractivity contribution >= 4 is 40.8 Å². The van der Waals surface area contributed by atoms with Gasteiger partial charge in [0.1, 0.15) is 10.8 Å². The van der Waals surface area contributed by atoms with Crippen molar-refractivity contribution in [1.29, 1.82) is 0 Å². The zero-order chi connectivity index (χ0) is 24.0. The van der Waals surface area contributed by atoms with Gasteiger partial charge in [0.2, 0.25) is 0 Å². The number of aliphatic carboxylic acids is 1. The summed E-state index contributed by atoms with van der Waals surface area (Å²) in [6.45, 7) is 3.24. The Kier molecular flexibility index (Phi) is 8.54. The summed E-state index contributed by atoms with van der Waals surface area (Å²) in [5, 5.41) is 24.5. The van der Waals surface area contributed by atoms with E-state index in [-0.39, 0.29) is 27.5 Å². The molecule has 1 aliphatic heterocycles. The summed E-state index contributed by atoms with van der Waals surface area (Å²) in [4.78, 5) is 35.4. The number of carbonyl (C=O) groups is 3. The van der Waals surface area contributed by atoms with Crippen LogP contribution in [0.1, 0.15) is 29.4 Å². The molecule has 2 heterocycles. The van der Waals surface area contributed by atoms with Crippen molar-refractivity contribution in [3.05, 3.63) is 34.2 Å².